The Kier molecular flexibility index (Phi) is 2.55. The van der Waals surface area contributed by atoms with Gasteiger partial charge in [-0.05, 0) is 18.9 Å². The Bertz CT molecular complexity index is 466. The number of rotatable bonds is 4. The number of pyridine rings is 1. The van der Waals surface area contributed by atoms with Gasteiger partial charge in [0.2, 0.25) is 0 Å². The number of nitrogens with zero attached hydrogens (tertiary/aromatic N) is 2. The zero-order valence-corrected chi connectivity index (χ0v) is 8.74. The second-order valence-corrected chi connectivity index (χ2v) is 4.06. The predicted molar refractivity (Wildman–Crippen MR) is 55.4 cm³/mol. The van der Waals surface area contributed by atoms with Crippen molar-refractivity contribution >= 4 is 11.7 Å². The van der Waals surface area contributed by atoms with E-state index in [0.29, 0.717) is 18.5 Å². The third-order valence-corrected chi connectivity index (χ3v) is 3.01. The van der Waals surface area contributed by atoms with Crippen LogP contribution in [0.2, 0.25) is 0 Å². The van der Waals surface area contributed by atoms with Gasteiger partial charge in [-0.3, -0.25) is 15.1 Å². The number of hydrogen-bond donors (Lipinski definition) is 2. The van der Waals surface area contributed by atoms with Gasteiger partial charge in [0, 0.05) is 11.5 Å². The summed E-state index contributed by atoms with van der Waals surface area (Å²) in [7, 11) is 0. The molecule has 2 N–H and O–H groups in total. The van der Waals surface area contributed by atoms with E-state index in [9.17, 15) is 20.0 Å². The first-order valence-corrected chi connectivity index (χ1v) is 4.99. The topological polar surface area (TPSA) is 114 Å². The minimum absolute atomic E-state index is 0.158. The number of hydrogen-bond acceptors (Lipinski definition) is 5. The van der Waals surface area contributed by atoms with Crippen LogP contribution < -0.4 is 0 Å². The summed E-state index contributed by atoms with van der Waals surface area (Å²) >= 11 is 0. The van der Waals surface area contributed by atoms with Gasteiger partial charge in [0.05, 0.1) is 10.6 Å². The van der Waals surface area contributed by atoms with Crippen molar-refractivity contribution in [3.8, 4) is 0 Å². The van der Waals surface area contributed by atoms with E-state index in [2.05, 4.69) is 4.98 Å². The highest BCUT2D eigenvalue weighted by atomic mass is 16.6. The van der Waals surface area contributed by atoms with Gasteiger partial charge in [0.25, 0.3) is 5.69 Å². The molecule has 2 rings (SSSR count). The Morgan fingerprint density at radius 1 is 1.53 bits per heavy atom. The highest BCUT2D eigenvalue weighted by Crippen LogP contribution is 2.50. The largest absolute Gasteiger partial charge is 0.479 e. The van der Waals surface area contributed by atoms with Crippen LogP contribution in [-0.4, -0.2) is 32.2 Å². The lowest BCUT2D eigenvalue weighted by atomic mass is 9.94. The van der Waals surface area contributed by atoms with Crippen LogP contribution in [0.4, 0.5) is 5.69 Å². The van der Waals surface area contributed by atoms with Crippen molar-refractivity contribution in [2.45, 2.75) is 24.4 Å². The van der Waals surface area contributed by atoms with Gasteiger partial charge in [-0.2, -0.15) is 0 Å². The molecule has 0 radical (unpaired) electrons. The lowest BCUT2D eigenvalue weighted by molar-refractivity contribution is -0.385. The first kappa shape index (κ1) is 11.5. The first-order valence-electron chi connectivity index (χ1n) is 4.99. The maximum Gasteiger partial charge on any atom is 0.333 e. The highest BCUT2D eigenvalue weighted by molar-refractivity contribution is 5.75. The Morgan fingerprint density at radius 2 is 2.18 bits per heavy atom. The molecule has 1 aliphatic carbocycles. The maximum absolute atomic E-state index is 10.7. The van der Waals surface area contributed by atoms with Crippen molar-refractivity contribution < 1.29 is 19.9 Å². The van der Waals surface area contributed by atoms with Crippen molar-refractivity contribution in [2.75, 3.05) is 0 Å². The third kappa shape index (κ3) is 1.84. The van der Waals surface area contributed by atoms with Crippen molar-refractivity contribution in [3.63, 3.8) is 0 Å². The van der Waals surface area contributed by atoms with E-state index in [1.165, 1.54) is 12.1 Å². The first-order chi connectivity index (χ1) is 7.97. The molecule has 90 valence electrons. The second kappa shape index (κ2) is 3.77. The van der Waals surface area contributed by atoms with E-state index in [1.807, 2.05) is 0 Å². The zero-order chi connectivity index (χ0) is 12.6. The van der Waals surface area contributed by atoms with Crippen molar-refractivity contribution in [1.82, 2.24) is 4.98 Å². The van der Waals surface area contributed by atoms with E-state index in [-0.39, 0.29) is 5.69 Å². The molecule has 1 unspecified atom stereocenters. The van der Waals surface area contributed by atoms with E-state index in [0.717, 1.165) is 6.20 Å². The van der Waals surface area contributed by atoms with E-state index in [4.69, 9.17) is 5.11 Å². The molecule has 1 fully saturated rings. The fourth-order valence-corrected chi connectivity index (χ4v) is 1.83. The normalized spacial score (nSPS) is 18.4. The molecule has 0 aliphatic heterocycles. The minimum atomic E-state index is -1.52. The van der Waals surface area contributed by atoms with E-state index < -0.39 is 22.4 Å². The lowest BCUT2D eigenvalue weighted by Crippen LogP contribution is -2.34. The summed E-state index contributed by atoms with van der Waals surface area (Å²) in [6.07, 6.45) is 0.594. The van der Waals surface area contributed by atoms with Gasteiger partial charge in [-0.1, -0.05) is 0 Å². The van der Waals surface area contributed by atoms with Gasteiger partial charge >= 0.3 is 5.97 Å². The van der Waals surface area contributed by atoms with Crippen LogP contribution in [-0.2, 0) is 10.2 Å². The number of aliphatic hydroxyl groups is 1. The molecule has 1 aliphatic rings. The number of aliphatic hydroxyl groups excluding tert-OH is 1. The summed E-state index contributed by atoms with van der Waals surface area (Å²) < 4.78 is 0. The summed E-state index contributed by atoms with van der Waals surface area (Å²) in [5.74, 6) is -1.30. The molecule has 1 saturated carbocycles. The Morgan fingerprint density at radius 3 is 2.53 bits per heavy atom. The standard InChI is InChI=1S/C10H10N2O5/c13-8(9(14)15)10(3-4-10)7-2-1-6(5-11-7)12(16)17/h1-2,5,8,13H,3-4H2,(H,14,15). The molecule has 1 heterocycles. The average molecular weight is 238 g/mol. The van der Waals surface area contributed by atoms with Crippen LogP contribution in [0.5, 0.6) is 0 Å². The molecule has 1 aromatic heterocycles. The second-order valence-electron chi connectivity index (χ2n) is 4.06. The number of carbonyl (C=O) groups is 1. The summed E-state index contributed by atoms with van der Waals surface area (Å²) in [5, 5.41) is 28.8. The fourth-order valence-electron chi connectivity index (χ4n) is 1.83. The smallest absolute Gasteiger partial charge is 0.333 e. The Hall–Kier alpha value is -2.02. The van der Waals surface area contributed by atoms with Gasteiger partial charge in [0.15, 0.2) is 6.10 Å². The van der Waals surface area contributed by atoms with E-state index >= 15 is 0 Å². The molecule has 0 spiro atoms. The molecule has 1 aromatic rings. The van der Waals surface area contributed by atoms with Crippen LogP contribution in [0.1, 0.15) is 18.5 Å². The summed E-state index contributed by atoms with van der Waals surface area (Å²) in [5.41, 5.74) is -0.645. The van der Waals surface area contributed by atoms with Crippen LogP contribution >= 0.6 is 0 Å². The Labute approximate surface area is 95.9 Å². The number of carboxylic acid groups (broad SMARTS) is 1. The van der Waals surface area contributed by atoms with Gasteiger partial charge in [0.1, 0.15) is 6.20 Å². The van der Waals surface area contributed by atoms with Crippen LogP contribution in [0.25, 0.3) is 0 Å². The molecule has 7 heteroatoms. The van der Waals surface area contributed by atoms with Crippen molar-refractivity contribution in [2.24, 2.45) is 0 Å². The number of aliphatic carboxylic acids is 1. The van der Waals surface area contributed by atoms with Gasteiger partial charge < -0.3 is 10.2 Å². The highest BCUT2D eigenvalue weighted by Gasteiger charge is 2.54. The quantitative estimate of drug-likeness (QED) is 0.582. The van der Waals surface area contributed by atoms with E-state index in [1.54, 1.807) is 0 Å². The van der Waals surface area contributed by atoms with Gasteiger partial charge in [-0.15, -0.1) is 0 Å². The maximum atomic E-state index is 10.7. The zero-order valence-electron chi connectivity index (χ0n) is 8.74. The summed E-state index contributed by atoms with van der Waals surface area (Å²) in [4.78, 5) is 24.5. The Balaban J connectivity index is 2.29. The van der Waals surface area contributed by atoms with Crippen LogP contribution in [0, 0.1) is 10.1 Å². The molecule has 7 nitrogen and oxygen atoms in total. The number of nitro groups is 1. The molecule has 0 aromatic carbocycles. The molecule has 0 amide bonds. The summed E-state index contributed by atoms with van der Waals surface area (Å²) in [6.45, 7) is 0. The van der Waals surface area contributed by atoms with Crippen molar-refractivity contribution in [1.29, 1.82) is 0 Å². The van der Waals surface area contributed by atoms with Crippen LogP contribution in [0.3, 0.4) is 0 Å². The summed E-state index contributed by atoms with van der Waals surface area (Å²) in [6, 6.07) is 2.66. The van der Waals surface area contributed by atoms with Gasteiger partial charge in [-0.25, -0.2) is 4.79 Å². The fraction of sp³-hybridized carbons (Fsp3) is 0.400. The monoisotopic (exact) mass is 238 g/mol. The lowest BCUT2D eigenvalue weighted by Gasteiger charge is -2.17. The van der Waals surface area contributed by atoms with Crippen molar-refractivity contribution in [3.05, 3.63) is 34.1 Å². The molecule has 0 saturated heterocycles. The molecule has 17 heavy (non-hydrogen) atoms. The van der Waals surface area contributed by atoms with Crippen LogP contribution in [0.15, 0.2) is 18.3 Å². The minimum Gasteiger partial charge on any atom is -0.479 e. The third-order valence-electron chi connectivity index (χ3n) is 3.01. The molecular weight excluding hydrogens is 228 g/mol. The molecular formula is C10H10N2O5. The number of aromatic nitrogens is 1. The molecule has 0 bridgehead atoms. The SMILES string of the molecule is O=C(O)C(O)C1(c2ccc([N+](=O)[O-])cn2)CC1. The molecule has 1 atom stereocenters. The number of carboxylic acids is 1. The predicted octanol–water partition coefficient (Wildman–Crippen LogP) is 0.467. The average Bonchev–Trinajstić information content (AvgIpc) is 3.09.